The van der Waals surface area contributed by atoms with Gasteiger partial charge in [-0.15, -0.1) is 0 Å². The first-order chi connectivity index (χ1) is 9.76. The number of aromatic nitrogens is 1. The molecule has 1 aromatic heterocycles. The van der Waals surface area contributed by atoms with E-state index in [9.17, 15) is 4.79 Å². The largest absolute Gasteiger partial charge is 0.351 e. The molecule has 1 amide bonds. The second kappa shape index (κ2) is 5.67. The Morgan fingerprint density at radius 1 is 1.15 bits per heavy atom. The van der Waals surface area contributed by atoms with Crippen LogP contribution >= 0.6 is 0 Å². The second-order valence-electron chi connectivity index (χ2n) is 5.58. The molecule has 1 aliphatic rings. The number of carbonyl (C=O) groups excluding carboxylic acids is 1. The van der Waals surface area contributed by atoms with E-state index in [1.807, 2.05) is 37.4 Å². The molecule has 1 heterocycles. The standard InChI is InChI=1S/C16H21N3O/c1-17-12-6-8-13(9-7-12)18-16(20)15-10-11-4-2-3-5-14(11)19-15/h2-5,10,12-13,17,19H,6-9H2,1H3,(H,18,20). The number of hydrogen-bond acceptors (Lipinski definition) is 2. The molecule has 20 heavy (non-hydrogen) atoms. The molecule has 0 spiro atoms. The van der Waals surface area contributed by atoms with Gasteiger partial charge in [0.05, 0.1) is 0 Å². The number of H-pyrrole nitrogens is 1. The summed E-state index contributed by atoms with van der Waals surface area (Å²) in [4.78, 5) is 15.5. The average Bonchev–Trinajstić information content (AvgIpc) is 2.92. The highest BCUT2D eigenvalue weighted by Crippen LogP contribution is 2.19. The Hall–Kier alpha value is -1.81. The van der Waals surface area contributed by atoms with Gasteiger partial charge in [0.25, 0.3) is 5.91 Å². The highest BCUT2D eigenvalue weighted by molar-refractivity contribution is 5.98. The number of benzene rings is 1. The van der Waals surface area contributed by atoms with Gasteiger partial charge in [0.15, 0.2) is 0 Å². The Kier molecular flexibility index (Phi) is 3.74. The SMILES string of the molecule is CNC1CCC(NC(=O)c2cc3ccccc3[nH]2)CC1. The number of para-hydroxylation sites is 1. The molecule has 0 saturated heterocycles. The number of nitrogens with one attached hydrogen (secondary N) is 3. The van der Waals surface area contributed by atoms with Gasteiger partial charge in [-0.2, -0.15) is 0 Å². The van der Waals surface area contributed by atoms with Crippen LogP contribution in [-0.2, 0) is 0 Å². The van der Waals surface area contributed by atoms with Gasteiger partial charge in [-0.25, -0.2) is 0 Å². The van der Waals surface area contributed by atoms with Gasteiger partial charge in [-0.3, -0.25) is 4.79 Å². The zero-order valence-corrected chi connectivity index (χ0v) is 11.8. The van der Waals surface area contributed by atoms with Crippen molar-refractivity contribution in [1.82, 2.24) is 15.6 Å². The number of aromatic amines is 1. The summed E-state index contributed by atoms with van der Waals surface area (Å²) in [5.74, 6) is 0.00843. The van der Waals surface area contributed by atoms with E-state index >= 15 is 0 Å². The number of carbonyl (C=O) groups is 1. The van der Waals surface area contributed by atoms with Crippen molar-refractivity contribution in [1.29, 1.82) is 0 Å². The summed E-state index contributed by atoms with van der Waals surface area (Å²) in [7, 11) is 2.01. The van der Waals surface area contributed by atoms with Gasteiger partial charge < -0.3 is 15.6 Å². The van der Waals surface area contributed by atoms with Gasteiger partial charge in [-0.05, 0) is 44.9 Å². The Bertz CT molecular complexity index is 564. The fourth-order valence-corrected chi connectivity index (χ4v) is 2.99. The summed E-state index contributed by atoms with van der Waals surface area (Å²) < 4.78 is 0. The Morgan fingerprint density at radius 2 is 1.85 bits per heavy atom. The van der Waals surface area contributed by atoms with E-state index in [-0.39, 0.29) is 5.91 Å². The number of fused-ring (bicyclic) bond motifs is 1. The molecule has 3 rings (SSSR count). The first-order valence-corrected chi connectivity index (χ1v) is 7.32. The summed E-state index contributed by atoms with van der Waals surface area (Å²) in [5, 5.41) is 7.53. The lowest BCUT2D eigenvalue weighted by molar-refractivity contribution is 0.0920. The highest BCUT2D eigenvalue weighted by atomic mass is 16.1. The smallest absolute Gasteiger partial charge is 0.267 e. The Balaban J connectivity index is 1.64. The quantitative estimate of drug-likeness (QED) is 0.803. The third kappa shape index (κ3) is 2.70. The Labute approximate surface area is 118 Å². The molecule has 4 nitrogen and oxygen atoms in total. The van der Waals surface area contributed by atoms with E-state index < -0.39 is 0 Å². The molecule has 1 aliphatic carbocycles. The van der Waals surface area contributed by atoms with Gasteiger partial charge in [-0.1, -0.05) is 18.2 Å². The molecule has 4 heteroatoms. The molecule has 1 saturated carbocycles. The summed E-state index contributed by atoms with van der Waals surface area (Å²) in [6.45, 7) is 0. The van der Waals surface area contributed by atoms with Crippen molar-refractivity contribution in [3.8, 4) is 0 Å². The minimum atomic E-state index is 0.00843. The maximum absolute atomic E-state index is 12.3. The molecule has 0 unspecified atom stereocenters. The van der Waals surface area contributed by atoms with Gasteiger partial charge >= 0.3 is 0 Å². The lowest BCUT2D eigenvalue weighted by atomic mass is 9.91. The van der Waals surface area contributed by atoms with Crippen molar-refractivity contribution < 1.29 is 4.79 Å². The van der Waals surface area contributed by atoms with E-state index in [2.05, 4.69) is 15.6 Å². The van der Waals surface area contributed by atoms with Crippen LogP contribution < -0.4 is 10.6 Å². The summed E-state index contributed by atoms with van der Waals surface area (Å²) in [6, 6.07) is 10.8. The molecule has 0 aliphatic heterocycles. The maximum Gasteiger partial charge on any atom is 0.267 e. The number of amides is 1. The predicted molar refractivity (Wildman–Crippen MR) is 80.9 cm³/mol. The summed E-state index contributed by atoms with van der Waals surface area (Å²) in [5.41, 5.74) is 1.67. The average molecular weight is 271 g/mol. The van der Waals surface area contributed by atoms with Crippen molar-refractivity contribution in [2.24, 2.45) is 0 Å². The van der Waals surface area contributed by atoms with Crippen molar-refractivity contribution in [3.63, 3.8) is 0 Å². The predicted octanol–water partition coefficient (Wildman–Crippen LogP) is 2.43. The number of hydrogen-bond donors (Lipinski definition) is 3. The normalized spacial score (nSPS) is 22.9. The zero-order valence-electron chi connectivity index (χ0n) is 11.8. The molecular weight excluding hydrogens is 250 g/mol. The summed E-state index contributed by atoms with van der Waals surface area (Å²) >= 11 is 0. The van der Waals surface area contributed by atoms with E-state index in [0.29, 0.717) is 17.8 Å². The van der Waals surface area contributed by atoms with E-state index in [1.165, 1.54) is 0 Å². The van der Waals surface area contributed by atoms with Crippen LogP contribution in [0.5, 0.6) is 0 Å². The topological polar surface area (TPSA) is 56.9 Å². The highest BCUT2D eigenvalue weighted by Gasteiger charge is 2.22. The van der Waals surface area contributed by atoms with Crippen molar-refractivity contribution >= 4 is 16.8 Å². The van der Waals surface area contributed by atoms with Gasteiger partial charge in [0.2, 0.25) is 0 Å². The van der Waals surface area contributed by atoms with Crippen LogP contribution in [0.15, 0.2) is 30.3 Å². The van der Waals surface area contributed by atoms with E-state index in [1.54, 1.807) is 0 Å². The third-order valence-corrected chi connectivity index (χ3v) is 4.25. The Morgan fingerprint density at radius 3 is 2.55 bits per heavy atom. The van der Waals surface area contributed by atoms with Crippen LogP contribution in [0.1, 0.15) is 36.2 Å². The molecule has 1 fully saturated rings. The molecule has 106 valence electrons. The third-order valence-electron chi connectivity index (χ3n) is 4.25. The fourth-order valence-electron chi connectivity index (χ4n) is 2.99. The van der Waals surface area contributed by atoms with Crippen molar-refractivity contribution in [2.75, 3.05) is 7.05 Å². The van der Waals surface area contributed by atoms with Crippen LogP contribution in [0.2, 0.25) is 0 Å². The van der Waals surface area contributed by atoms with Crippen LogP contribution in [0.4, 0.5) is 0 Å². The van der Waals surface area contributed by atoms with Crippen molar-refractivity contribution in [3.05, 3.63) is 36.0 Å². The number of rotatable bonds is 3. The molecule has 1 aromatic carbocycles. The molecule has 3 N–H and O–H groups in total. The lowest BCUT2D eigenvalue weighted by Crippen LogP contribution is -2.41. The molecule has 2 aromatic rings. The molecule has 0 bridgehead atoms. The minimum Gasteiger partial charge on any atom is -0.351 e. The van der Waals surface area contributed by atoms with Crippen LogP contribution in [0.3, 0.4) is 0 Å². The van der Waals surface area contributed by atoms with E-state index in [0.717, 1.165) is 36.6 Å². The first kappa shape index (κ1) is 13.2. The molecule has 0 atom stereocenters. The molecule has 0 radical (unpaired) electrons. The van der Waals surface area contributed by atoms with Gasteiger partial charge in [0, 0.05) is 23.0 Å². The first-order valence-electron chi connectivity index (χ1n) is 7.32. The fraction of sp³-hybridized carbons (Fsp3) is 0.438. The van der Waals surface area contributed by atoms with Crippen LogP contribution in [0.25, 0.3) is 10.9 Å². The zero-order chi connectivity index (χ0) is 13.9. The maximum atomic E-state index is 12.3. The summed E-state index contributed by atoms with van der Waals surface area (Å²) in [6.07, 6.45) is 4.37. The van der Waals surface area contributed by atoms with Crippen LogP contribution in [0, 0.1) is 0 Å². The van der Waals surface area contributed by atoms with Gasteiger partial charge in [0.1, 0.15) is 5.69 Å². The van der Waals surface area contributed by atoms with Crippen LogP contribution in [-0.4, -0.2) is 30.0 Å². The minimum absolute atomic E-state index is 0.00843. The van der Waals surface area contributed by atoms with E-state index in [4.69, 9.17) is 0 Å². The monoisotopic (exact) mass is 271 g/mol. The van der Waals surface area contributed by atoms with Crippen molar-refractivity contribution in [2.45, 2.75) is 37.8 Å². The lowest BCUT2D eigenvalue weighted by Gasteiger charge is -2.28. The molecular formula is C16H21N3O. The second-order valence-corrected chi connectivity index (χ2v) is 5.58.